The average molecular weight is 968 g/mol. The first kappa shape index (κ1) is 54.3. The Morgan fingerprint density at radius 1 is 0.910 bits per heavy atom. The number of aliphatic imine (C=N–C) groups is 1. The van der Waals surface area contributed by atoms with E-state index in [1.165, 1.54) is 28.0 Å². The SMILES string of the molecule is CCc1ccc(C[C@@H]2CC(=O)CCCSC[C@@H](C(=O)N3CCC[C@H]3C(=O)N[C@H](CO)CCCN=C(N)N)CC(=O)[C@H](CC(N)=O)NC(=O)[C@H](C(C)C)NC(=O)[C@H](Cc3cccs3)NC2=O)cc1. The Labute approximate surface area is 401 Å². The van der Waals surface area contributed by atoms with Gasteiger partial charge >= 0.3 is 0 Å². The monoisotopic (exact) mass is 967 g/mol. The molecule has 11 N–H and O–H groups in total. The van der Waals surface area contributed by atoms with E-state index in [-0.39, 0.29) is 56.3 Å². The third-order valence-corrected chi connectivity index (χ3v) is 14.1. The van der Waals surface area contributed by atoms with Crippen molar-refractivity contribution in [3.63, 3.8) is 0 Å². The van der Waals surface area contributed by atoms with Crippen LogP contribution in [-0.4, -0.2) is 124 Å². The van der Waals surface area contributed by atoms with Crippen molar-refractivity contribution in [3.05, 3.63) is 57.8 Å². The topological polar surface area (TPSA) is 299 Å². The van der Waals surface area contributed by atoms with Crippen molar-refractivity contribution in [3.8, 4) is 0 Å². The highest BCUT2D eigenvalue weighted by atomic mass is 32.2. The number of carbonyl (C=O) groups excluding carboxylic acids is 8. The third kappa shape index (κ3) is 17.7. The number of aliphatic hydroxyl groups excluding tert-OH is 1. The van der Waals surface area contributed by atoms with E-state index < -0.39 is 102 Å². The maximum Gasteiger partial charge on any atom is 0.243 e. The van der Waals surface area contributed by atoms with Crippen molar-refractivity contribution in [1.29, 1.82) is 0 Å². The summed E-state index contributed by atoms with van der Waals surface area (Å²) in [7, 11) is 0. The number of benzene rings is 1. The number of hydrogen-bond acceptors (Lipinski definition) is 12. The van der Waals surface area contributed by atoms with E-state index in [1.807, 2.05) is 48.7 Å². The van der Waals surface area contributed by atoms with Crippen LogP contribution in [0.15, 0.2) is 46.8 Å². The lowest BCUT2D eigenvalue weighted by Crippen LogP contribution is -2.58. The Bertz CT molecular complexity index is 2030. The van der Waals surface area contributed by atoms with Gasteiger partial charge in [0, 0.05) is 55.3 Å². The largest absolute Gasteiger partial charge is 0.394 e. The first-order valence-electron chi connectivity index (χ1n) is 23.2. The van der Waals surface area contributed by atoms with E-state index in [1.54, 1.807) is 13.8 Å². The molecule has 0 bridgehead atoms. The molecule has 2 aliphatic heterocycles. The van der Waals surface area contributed by atoms with Gasteiger partial charge in [0.1, 0.15) is 23.9 Å². The van der Waals surface area contributed by atoms with Gasteiger partial charge in [0.05, 0.1) is 31.0 Å². The Kier molecular flexibility index (Phi) is 22.2. The molecule has 2 aromatic rings. The number of ketones is 2. The number of primary amides is 1. The number of guanidine groups is 1. The van der Waals surface area contributed by atoms with Crippen molar-refractivity contribution >= 4 is 76.1 Å². The Morgan fingerprint density at radius 3 is 2.27 bits per heavy atom. The summed E-state index contributed by atoms with van der Waals surface area (Å²) in [6.45, 7) is 5.61. The first-order chi connectivity index (χ1) is 32.0. The number of thiophene rings is 1. The van der Waals surface area contributed by atoms with Crippen LogP contribution in [0.1, 0.15) is 94.6 Å². The summed E-state index contributed by atoms with van der Waals surface area (Å²) < 4.78 is 0. The van der Waals surface area contributed by atoms with Crippen LogP contribution in [0.25, 0.3) is 0 Å². The minimum atomic E-state index is -1.46. The molecule has 67 heavy (non-hydrogen) atoms. The standard InChI is InChI=1S/C47H69N9O9S2/c1-4-29-13-15-30(16-14-29)21-31-22-34(58)10-7-19-66-27-32(46(65)56-18-6-12-38(56)44(63)52-33(26-57)9-5-17-51-47(49)50)23-39(59)36(25-40(48)60)53-45(64)41(28(2)3)55-43(62)37(54-42(31)61)24-35-11-8-20-67-35/h8,11,13-16,20,28,31-33,36-38,41,57H,4-7,9-10,12,17-19,21-27H2,1-3H3,(H2,48,60)(H,52,63)(H,53,64)(H,54,61)(H,55,62)(H4,49,50,51)/t31-,32+,33+,36+,37+,38+,41+/m1/s1. The fourth-order valence-corrected chi connectivity index (χ4v) is 10.1. The van der Waals surface area contributed by atoms with Crippen LogP contribution in [-0.2, 0) is 57.6 Å². The molecule has 2 fully saturated rings. The lowest BCUT2D eigenvalue weighted by atomic mass is 9.91. The highest BCUT2D eigenvalue weighted by Crippen LogP contribution is 2.26. The van der Waals surface area contributed by atoms with Crippen LogP contribution in [0.2, 0.25) is 0 Å². The fraction of sp³-hybridized carbons (Fsp3) is 0.596. The van der Waals surface area contributed by atoms with Gasteiger partial charge in [-0.2, -0.15) is 11.8 Å². The third-order valence-electron chi connectivity index (χ3n) is 12.0. The molecule has 0 unspecified atom stereocenters. The van der Waals surface area contributed by atoms with Gasteiger partial charge < -0.3 is 48.5 Å². The molecule has 0 spiro atoms. The molecule has 4 rings (SSSR count). The maximum absolute atomic E-state index is 14.5. The van der Waals surface area contributed by atoms with E-state index in [2.05, 4.69) is 26.3 Å². The number of nitrogens with two attached hydrogens (primary N) is 3. The zero-order valence-corrected chi connectivity index (χ0v) is 40.5. The molecule has 2 aliphatic rings. The molecule has 1 aromatic heterocycles. The molecule has 7 atom stereocenters. The summed E-state index contributed by atoms with van der Waals surface area (Å²) in [4.78, 5) is 117. The fourth-order valence-electron chi connectivity index (χ4n) is 8.25. The van der Waals surface area contributed by atoms with Crippen LogP contribution in [0.4, 0.5) is 0 Å². The zero-order chi connectivity index (χ0) is 49.0. The molecule has 368 valence electrons. The average Bonchev–Trinajstić information content (AvgIpc) is 4.00. The van der Waals surface area contributed by atoms with Gasteiger partial charge in [0.2, 0.25) is 35.4 Å². The predicted molar refractivity (Wildman–Crippen MR) is 258 cm³/mol. The molecular weight excluding hydrogens is 899 g/mol. The van der Waals surface area contributed by atoms with E-state index in [0.29, 0.717) is 44.4 Å². The summed E-state index contributed by atoms with van der Waals surface area (Å²) in [5, 5.41) is 23.0. The van der Waals surface area contributed by atoms with Crippen molar-refractivity contribution in [2.45, 2.75) is 128 Å². The van der Waals surface area contributed by atoms with Gasteiger partial charge in [-0.15, -0.1) is 11.3 Å². The number of thioether (sulfide) groups is 1. The molecule has 6 amide bonds. The van der Waals surface area contributed by atoms with Crippen LogP contribution in [0.5, 0.6) is 0 Å². The number of Topliss-reactive ketones (excluding diaryl/α,β-unsaturated/α-hetero) is 2. The molecule has 0 radical (unpaired) electrons. The number of carbonyl (C=O) groups is 8. The van der Waals surface area contributed by atoms with E-state index >= 15 is 0 Å². The smallest absolute Gasteiger partial charge is 0.243 e. The molecule has 2 saturated heterocycles. The Hall–Kier alpha value is -5.34. The number of hydrogen-bond donors (Lipinski definition) is 8. The molecule has 0 saturated carbocycles. The van der Waals surface area contributed by atoms with Gasteiger partial charge in [-0.3, -0.25) is 43.3 Å². The molecule has 3 heterocycles. The van der Waals surface area contributed by atoms with Crippen molar-refractivity contribution in [2.24, 2.45) is 39.9 Å². The van der Waals surface area contributed by atoms with Gasteiger partial charge in [-0.25, -0.2) is 0 Å². The second-order valence-electron chi connectivity index (χ2n) is 17.7. The van der Waals surface area contributed by atoms with Crippen molar-refractivity contribution in [2.75, 3.05) is 31.2 Å². The normalized spacial score (nSPS) is 23.4. The molecule has 18 nitrogen and oxygen atoms in total. The second kappa shape index (κ2) is 27.5. The Morgan fingerprint density at radius 2 is 1.63 bits per heavy atom. The quantitative estimate of drug-likeness (QED) is 0.0671. The number of amides is 6. The zero-order valence-electron chi connectivity index (χ0n) is 38.8. The number of likely N-dealkylation sites (tertiary alicyclic amines) is 1. The summed E-state index contributed by atoms with van der Waals surface area (Å²) in [6, 6.07) is 6.14. The summed E-state index contributed by atoms with van der Waals surface area (Å²) in [5.41, 5.74) is 18.4. The molecule has 1 aromatic carbocycles. The van der Waals surface area contributed by atoms with Crippen LogP contribution in [0.3, 0.4) is 0 Å². The van der Waals surface area contributed by atoms with Gasteiger partial charge in [-0.1, -0.05) is 51.1 Å². The number of nitrogens with one attached hydrogen (secondary N) is 4. The number of aliphatic hydroxyl groups is 1. The lowest BCUT2D eigenvalue weighted by molar-refractivity contribution is -0.143. The number of nitrogens with zero attached hydrogens (tertiary/aromatic N) is 2. The Balaban J connectivity index is 1.64. The van der Waals surface area contributed by atoms with Crippen molar-refractivity contribution in [1.82, 2.24) is 26.2 Å². The first-order valence-corrected chi connectivity index (χ1v) is 25.2. The number of aryl methyl sites for hydroxylation is 1. The van der Waals surface area contributed by atoms with Gasteiger partial charge in [0.25, 0.3) is 0 Å². The van der Waals surface area contributed by atoms with E-state index in [4.69, 9.17) is 17.2 Å². The second-order valence-corrected chi connectivity index (χ2v) is 19.9. The minimum Gasteiger partial charge on any atom is -0.394 e. The summed E-state index contributed by atoms with van der Waals surface area (Å²) in [6.07, 6.45) is 2.35. The molecule has 20 heteroatoms. The van der Waals surface area contributed by atoms with Crippen molar-refractivity contribution < 1.29 is 43.5 Å². The predicted octanol–water partition coefficient (Wildman–Crippen LogP) is 1.28. The molecule has 0 aliphatic carbocycles. The minimum absolute atomic E-state index is 0.0704. The summed E-state index contributed by atoms with van der Waals surface area (Å²) >= 11 is 2.74. The summed E-state index contributed by atoms with van der Waals surface area (Å²) in [5.74, 6) is -6.44. The van der Waals surface area contributed by atoms with Gasteiger partial charge in [-0.05, 0) is 79.2 Å². The molecular formula is C47H69N9O9S2. The maximum atomic E-state index is 14.5. The van der Waals surface area contributed by atoms with E-state index in [0.717, 1.165) is 22.4 Å². The number of rotatable bonds is 16. The van der Waals surface area contributed by atoms with Crippen LogP contribution >= 0.6 is 23.1 Å². The lowest BCUT2D eigenvalue weighted by Gasteiger charge is -2.30. The van der Waals surface area contributed by atoms with Crippen LogP contribution < -0.4 is 38.5 Å². The van der Waals surface area contributed by atoms with Gasteiger partial charge in [0.15, 0.2) is 11.7 Å². The van der Waals surface area contributed by atoms with E-state index in [9.17, 15) is 43.5 Å². The highest BCUT2D eigenvalue weighted by molar-refractivity contribution is 7.99. The highest BCUT2D eigenvalue weighted by Gasteiger charge is 2.40. The van der Waals surface area contributed by atoms with Crippen LogP contribution in [0, 0.1) is 17.8 Å².